The number of hydrazine groups is 1. The van der Waals surface area contributed by atoms with E-state index in [-0.39, 0.29) is 18.0 Å². The molecular formula is C19H22ClN3O. The van der Waals surface area contributed by atoms with E-state index in [1.54, 1.807) is 0 Å². The molecule has 24 heavy (non-hydrogen) atoms. The second-order valence-corrected chi connectivity index (χ2v) is 6.45. The third-order valence-electron chi connectivity index (χ3n) is 4.40. The van der Waals surface area contributed by atoms with Gasteiger partial charge in [-0.05, 0) is 35.6 Å². The van der Waals surface area contributed by atoms with Gasteiger partial charge in [0.1, 0.15) is 6.04 Å². The first-order valence-electron chi connectivity index (χ1n) is 8.28. The molecule has 3 rings (SSSR count). The van der Waals surface area contributed by atoms with Gasteiger partial charge in [0.25, 0.3) is 0 Å². The maximum atomic E-state index is 12.4. The van der Waals surface area contributed by atoms with Gasteiger partial charge in [0.05, 0.1) is 0 Å². The average Bonchev–Trinajstić information content (AvgIpc) is 3.10. The van der Waals surface area contributed by atoms with Crippen molar-refractivity contribution in [2.75, 3.05) is 0 Å². The molecule has 126 valence electrons. The fourth-order valence-electron chi connectivity index (χ4n) is 2.89. The third kappa shape index (κ3) is 3.96. The molecule has 1 heterocycles. The Morgan fingerprint density at radius 2 is 1.83 bits per heavy atom. The minimum Gasteiger partial charge on any atom is -0.351 e. The van der Waals surface area contributed by atoms with Crippen molar-refractivity contribution in [3.8, 4) is 0 Å². The van der Waals surface area contributed by atoms with E-state index >= 15 is 0 Å². The van der Waals surface area contributed by atoms with E-state index in [0.717, 1.165) is 17.5 Å². The van der Waals surface area contributed by atoms with E-state index in [1.807, 2.05) is 24.3 Å². The summed E-state index contributed by atoms with van der Waals surface area (Å²) in [5, 5.41) is 3.71. The van der Waals surface area contributed by atoms with Crippen LogP contribution in [0, 0.1) is 0 Å². The highest BCUT2D eigenvalue weighted by Crippen LogP contribution is 2.28. The van der Waals surface area contributed by atoms with Crippen molar-refractivity contribution in [3.05, 3.63) is 70.2 Å². The predicted molar refractivity (Wildman–Crippen MR) is 96.5 cm³/mol. The molecule has 2 atom stereocenters. The molecule has 0 radical (unpaired) electrons. The molecule has 1 fully saturated rings. The van der Waals surface area contributed by atoms with Crippen LogP contribution in [0.1, 0.15) is 36.1 Å². The SMILES string of the molecule is CCc1ccc(CNC(=O)C2CC(c3ccccc3Cl)NN2)cc1. The first kappa shape index (κ1) is 17.0. The van der Waals surface area contributed by atoms with Gasteiger partial charge in [0.15, 0.2) is 0 Å². The molecule has 2 aromatic carbocycles. The molecule has 0 spiro atoms. The molecule has 1 aliphatic heterocycles. The number of benzene rings is 2. The molecule has 4 nitrogen and oxygen atoms in total. The molecule has 2 aromatic rings. The average molecular weight is 344 g/mol. The Hall–Kier alpha value is -1.88. The van der Waals surface area contributed by atoms with Crippen LogP contribution in [0.15, 0.2) is 48.5 Å². The Balaban J connectivity index is 1.53. The van der Waals surface area contributed by atoms with Crippen molar-refractivity contribution in [1.82, 2.24) is 16.2 Å². The summed E-state index contributed by atoms with van der Waals surface area (Å²) in [6.45, 7) is 2.67. The first-order chi connectivity index (χ1) is 11.7. The lowest BCUT2D eigenvalue weighted by molar-refractivity contribution is -0.123. The van der Waals surface area contributed by atoms with Crippen LogP contribution in [0.2, 0.25) is 5.02 Å². The minimum absolute atomic E-state index is 0.00313. The molecular weight excluding hydrogens is 322 g/mol. The maximum Gasteiger partial charge on any atom is 0.238 e. The van der Waals surface area contributed by atoms with Crippen LogP contribution in [-0.2, 0) is 17.8 Å². The van der Waals surface area contributed by atoms with Crippen LogP contribution in [0.3, 0.4) is 0 Å². The number of halogens is 1. The van der Waals surface area contributed by atoms with Crippen molar-refractivity contribution >= 4 is 17.5 Å². The van der Waals surface area contributed by atoms with Crippen molar-refractivity contribution in [2.45, 2.75) is 38.4 Å². The zero-order valence-corrected chi connectivity index (χ0v) is 14.4. The van der Waals surface area contributed by atoms with E-state index in [9.17, 15) is 4.79 Å². The molecule has 0 bridgehead atoms. The summed E-state index contributed by atoms with van der Waals surface area (Å²) in [5.74, 6) is -0.00313. The topological polar surface area (TPSA) is 53.2 Å². The van der Waals surface area contributed by atoms with Gasteiger partial charge >= 0.3 is 0 Å². The van der Waals surface area contributed by atoms with Gasteiger partial charge in [-0.15, -0.1) is 0 Å². The Morgan fingerprint density at radius 3 is 2.54 bits per heavy atom. The predicted octanol–water partition coefficient (Wildman–Crippen LogP) is 3.13. The van der Waals surface area contributed by atoms with E-state index in [0.29, 0.717) is 18.0 Å². The molecule has 3 N–H and O–H groups in total. The molecule has 0 saturated carbocycles. The minimum atomic E-state index is -0.263. The monoisotopic (exact) mass is 343 g/mol. The van der Waals surface area contributed by atoms with Gasteiger partial charge < -0.3 is 5.32 Å². The lowest BCUT2D eigenvalue weighted by atomic mass is 10.0. The van der Waals surface area contributed by atoms with Gasteiger partial charge in [0.2, 0.25) is 5.91 Å². The quantitative estimate of drug-likeness (QED) is 0.781. The smallest absolute Gasteiger partial charge is 0.238 e. The van der Waals surface area contributed by atoms with Crippen LogP contribution in [0.4, 0.5) is 0 Å². The third-order valence-corrected chi connectivity index (χ3v) is 4.74. The second kappa shape index (κ2) is 7.79. The van der Waals surface area contributed by atoms with Crippen LogP contribution >= 0.6 is 11.6 Å². The van der Waals surface area contributed by atoms with Crippen LogP contribution < -0.4 is 16.2 Å². The second-order valence-electron chi connectivity index (χ2n) is 6.04. The molecule has 1 amide bonds. The maximum absolute atomic E-state index is 12.4. The number of nitrogens with one attached hydrogen (secondary N) is 3. The highest BCUT2D eigenvalue weighted by Gasteiger charge is 2.30. The van der Waals surface area contributed by atoms with Crippen molar-refractivity contribution in [2.24, 2.45) is 0 Å². The van der Waals surface area contributed by atoms with Gasteiger partial charge in [-0.3, -0.25) is 4.79 Å². The molecule has 2 unspecified atom stereocenters. The lowest BCUT2D eigenvalue weighted by Crippen LogP contribution is -2.42. The number of hydrogen-bond acceptors (Lipinski definition) is 3. The zero-order chi connectivity index (χ0) is 16.9. The first-order valence-corrected chi connectivity index (χ1v) is 8.66. The summed E-state index contributed by atoms with van der Waals surface area (Å²) < 4.78 is 0. The molecule has 5 heteroatoms. The highest BCUT2D eigenvalue weighted by atomic mass is 35.5. The Bertz CT molecular complexity index is 702. The standard InChI is InChI=1S/C19H22ClN3O/c1-2-13-7-9-14(10-8-13)12-21-19(24)18-11-17(22-23-18)15-5-3-4-6-16(15)20/h3-10,17-18,22-23H,2,11-12H2,1H3,(H,21,24). The number of rotatable bonds is 5. The van der Waals surface area contributed by atoms with Crippen molar-refractivity contribution < 1.29 is 4.79 Å². The summed E-state index contributed by atoms with van der Waals surface area (Å²) in [5.41, 5.74) is 9.65. The van der Waals surface area contributed by atoms with Crippen LogP contribution in [-0.4, -0.2) is 11.9 Å². The Labute approximate surface area is 147 Å². The Kier molecular flexibility index (Phi) is 5.51. The molecule has 0 aromatic heterocycles. The lowest BCUT2D eigenvalue weighted by Gasteiger charge is -2.12. The van der Waals surface area contributed by atoms with Crippen LogP contribution in [0.5, 0.6) is 0 Å². The zero-order valence-electron chi connectivity index (χ0n) is 13.7. The number of carbonyl (C=O) groups excluding carboxylic acids is 1. The van der Waals surface area contributed by atoms with Crippen LogP contribution in [0.25, 0.3) is 0 Å². The number of carbonyl (C=O) groups is 1. The van der Waals surface area contributed by atoms with Crippen molar-refractivity contribution in [1.29, 1.82) is 0 Å². The van der Waals surface area contributed by atoms with Crippen molar-refractivity contribution in [3.63, 3.8) is 0 Å². The van der Waals surface area contributed by atoms with E-state index in [1.165, 1.54) is 5.56 Å². The van der Waals surface area contributed by atoms with Gasteiger partial charge in [0, 0.05) is 17.6 Å². The van der Waals surface area contributed by atoms with E-state index in [4.69, 9.17) is 11.6 Å². The van der Waals surface area contributed by atoms with Gasteiger partial charge in [-0.1, -0.05) is 61.0 Å². The fourth-order valence-corrected chi connectivity index (χ4v) is 3.16. The van der Waals surface area contributed by atoms with E-state index < -0.39 is 0 Å². The number of hydrogen-bond donors (Lipinski definition) is 3. The summed E-state index contributed by atoms with van der Waals surface area (Å²) >= 11 is 6.23. The summed E-state index contributed by atoms with van der Waals surface area (Å²) in [6.07, 6.45) is 1.69. The van der Waals surface area contributed by atoms with E-state index in [2.05, 4.69) is 47.4 Å². The normalized spacial score (nSPS) is 20.1. The summed E-state index contributed by atoms with van der Waals surface area (Å²) in [7, 11) is 0. The number of aryl methyl sites for hydroxylation is 1. The van der Waals surface area contributed by atoms with Gasteiger partial charge in [-0.2, -0.15) is 0 Å². The largest absolute Gasteiger partial charge is 0.351 e. The highest BCUT2D eigenvalue weighted by molar-refractivity contribution is 6.31. The Morgan fingerprint density at radius 1 is 1.12 bits per heavy atom. The summed E-state index contributed by atoms with van der Waals surface area (Å²) in [6, 6.07) is 15.8. The van der Waals surface area contributed by atoms with Gasteiger partial charge in [-0.25, -0.2) is 10.9 Å². The summed E-state index contributed by atoms with van der Waals surface area (Å²) in [4.78, 5) is 12.4. The fraction of sp³-hybridized carbons (Fsp3) is 0.316. The molecule has 0 aliphatic carbocycles. The molecule has 1 aliphatic rings. The molecule has 1 saturated heterocycles. The number of amides is 1.